The van der Waals surface area contributed by atoms with Crippen molar-refractivity contribution in [2.75, 3.05) is 12.4 Å². The predicted molar refractivity (Wildman–Crippen MR) is 117 cm³/mol. The van der Waals surface area contributed by atoms with Crippen LogP contribution in [-0.2, 0) is 14.0 Å². The van der Waals surface area contributed by atoms with Crippen LogP contribution in [-0.4, -0.2) is 31.6 Å². The third-order valence-corrected chi connectivity index (χ3v) is 8.29. The molecule has 0 bridgehead atoms. The van der Waals surface area contributed by atoms with Crippen LogP contribution in [0.2, 0.25) is 19.1 Å². The molecule has 0 N–H and O–H groups in total. The first-order valence-electron chi connectivity index (χ1n) is 10.8. The summed E-state index contributed by atoms with van der Waals surface area (Å²) in [6.07, 6.45) is 13.9. The lowest BCUT2D eigenvalue weighted by molar-refractivity contribution is -0.131. The number of Topliss-reactive ketones (excluding diaryl/α,β-unsaturated/α-hetero) is 1. The third-order valence-electron chi connectivity index (χ3n) is 4.68. The van der Waals surface area contributed by atoms with E-state index in [1.54, 1.807) is 0 Å². The largest absolute Gasteiger partial charge is 0.418 e. The Morgan fingerprint density at radius 3 is 1.88 bits per heavy atom. The molecule has 0 rings (SSSR count). The predicted octanol–water partition coefficient (Wildman–Crippen LogP) is 6.76. The minimum atomic E-state index is -1.56. The Kier molecular flexibility index (Phi) is 16.9. The second-order valence-electron chi connectivity index (χ2n) is 7.79. The number of unbranched alkanes of at least 4 members (excludes halogenated alkanes) is 9. The van der Waals surface area contributed by atoms with Crippen molar-refractivity contribution in [2.45, 2.75) is 110 Å². The fourth-order valence-electron chi connectivity index (χ4n) is 3.08. The Morgan fingerprint density at radius 2 is 1.35 bits per heavy atom. The molecule has 0 spiro atoms. The molecule has 0 amide bonds. The molecule has 0 unspecified atom stereocenters. The SMILES string of the molecule is CCCCCCCCCCCCC(=O)C(=O)SCCC[Si](C)(C)OCC. The van der Waals surface area contributed by atoms with Crippen LogP contribution in [0, 0.1) is 0 Å². The van der Waals surface area contributed by atoms with Crippen molar-refractivity contribution < 1.29 is 14.0 Å². The molecule has 0 fully saturated rings. The van der Waals surface area contributed by atoms with Crippen molar-refractivity contribution in [3.8, 4) is 0 Å². The first-order chi connectivity index (χ1) is 12.4. The number of carbonyl (C=O) groups is 2. The van der Waals surface area contributed by atoms with Crippen LogP contribution in [0.1, 0.15) is 90.9 Å². The van der Waals surface area contributed by atoms with Gasteiger partial charge < -0.3 is 4.43 Å². The van der Waals surface area contributed by atoms with Crippen molar-refractivity contribution in [1.82, 2.24) is 0 Å². The molecule has 0 saturated heterocycles. The van der Waals surface area contributed by atoms with Crippen LogP contribution in [0.15, 0.2) is 0 Å². The second-order valence-corrected chi connectivity index (χ2v) is 13.2. The van der Waals surface area contributed by atoms with Crippen LogP contribution >= 0.6 is 11.8 Å². The molecule has 0 aromatic rings. The van der Waals surface area contributed by atoms with Crippen LogP contribution in [0.3, 0.4) is 0 Å². The van der Waals surface area contributed by atoms with E-state index in [0.717, 1.165) is 37.7 Å². The molecular weight excluding hydrogens is 360 g/mol. The van der Waals surface area contributed by atoms with Crippen LogP contribution < -0.4 is 0 Å². The highest BCUT2D eigenvalue weighted by atomic mass is 32.2. The number of hydrogen-bond donors (Lipinski definition) is 0. The summed E-state index contributed by atoms with van der Waals surface area (Å²) in [6.45, 7) is 9.45. The van der Waals surface area contributed by atoms with E-state index in [2.05, 4.69) is 20.0 Å². The number of thioether (sulfide) groups is 1. The first kappa shape index (κ1) is 25.9. The standard InChI is InChI=1S/C21H42O3SSi/c1-5-7-8-9-10-11-12-13-14-15-17-20(22)21(23)25-18-16-19-26(3,4)24-6-2/h5-19H2,1-4H3. The Morgan fingerprint density at radius 1 is 0.808 bits per heavy atom. The fraction of sp³-hybridized carbons (Fsp3) is 0.905. The van der Waals surface area contributed by atoms with Gasteiger partial charge in [-0.15, -0.1) is 0 Å². The maximum Gasteiger partial charge on any atom is 0.254 e. The van der Waals surface area contributed by atoms with Crippen molar-refractivity contribution in [2.24, 2.45) is 0 Å². The van der Waals surface area contributed by atoms with E-state index in [0.29, 0.717) is 6.42 Å². The van der Waals surface area contributed by atoms with Gasteiger partial charge in [-0.1, -0.05) is 76.5 Å². The van der Waals surface area contributed by atoms with Crippen molar-refractivity contribution in [1.29, 1.82) is 0 Å². The molecule has 26 heavy (non-hydrogen) atoms. The fourth-order valence-corrected chi connectivity index (χ4v) is 6.03. The second kappa shape index (κ2) is 17.0. The zero-order chi connectivity index (χ0) is 19.7. The molecule has 0 atom stereocenters. The molecular formula is C21H42O3SSi. The average Bonchev–Trinajstić information content (AvgIpc) is 2.59. The normalized spacial score (nSPS) is 11.7. The van der Waals surface area contributed by atoms with Crippen LogP contribution in [0.5, 0.6) is 0 Å². The summed E-state index contributed by atoms with van der Waals surface area (Å²) in [6, 6.07) is 1.05. The topological polar surface area (TPSA) is 43.4 Å². The van der Waals surface area contributed by atoms with Crippen molar-refractivity contribution >= 4 is 31.0 Å². The highest BCUT2D eigenvalue weighted by Crippen LogP contribution is 2.17. The number of ketones is 1. The number of hydrogen-bond acceptors (Lipinski definition) is 4. The maximum absolute atomic E-state index is 11.9. The molecule has 0 saturated carbocycles. The van der Waals surface area contributed by atoms with Gasteiger partial charge in [0, 0.05) is 18.8 Å². The lowest BCUT2D eigenvalue weighted by Crippen LogP contribution is -2.30. The van der Waals surface area contributed by atoms with Gasteiger partial charge in [-0.25, -0.2) is 0 Å². The minimum absolute atomic E-state index is 0.184. The van der Waals surface area contributed by atoms with E-state index in [1.165, 1.54) is 63.1 Å². The lowest BCUT2D eigenvalue weighted by Gasteiger charge is -2.21. The zero-order valence-corrected chi connectivity index (χ0v) is 19.6. The van der Waals surface area contributed by atoms with Gasteiger partial charge in [-0.05, 0) is 38.9 Å². The molecule has 0 aliphatic heterocycles. The maximum atomic E-state index is 11.9. The Balaban J connectivity index is 3.52. The molecule has 0 aromatic carbocycles. The highest BCUT2D eigenvalue weighted by molar-refractivity contribution is 8.15. The molecule has 5 heteroatoms. The molecule has 0 aliphatic rings. The molecule has 3 nitrogen and oxygen atoms in total. The Bertz CT molecular complexity index is 372. The van der Waals surface area contributed by atoms with Gasteiger partial charge in [0.05, 0.1) is 0 Å². The molecule has 0 heterocycles. The summed E-state index contributed by atoms with van der Waals surface area (Å²) in [4.78, 5) is 23.8. The van der Waals surface area contributed by atoms with Gasteiger partial charge in [0.25, 0.3) is 5.12 Å². The van der Waals surface area contributed by atoms with Gasteiger partial charge >= 0.3 is 0 Å². The average molecular weight is 403 g/mol. The van der Waals surface area contributed by atoms with E-state index in [4.69, 9.17) is 4.43 Å². The van der Waals surface area contributed by atoms with Crippen LogP contribution in [0.4, 0.5) is 0 Å². The first-order valence-corrected chi connectivity index (χ1v) is 14.9. The molecule has 154 valence electrons. The van der Waals surface area contributed by atoms with Gasteiger partial charge in [-0.2, -0.15) is 0 Å². The van der Waals surface area contributed by atoms with Gasteiger partial charge in [0.1, 0.15) is 0 Å². The summed E-state index contributed by atoms with van der Waals surface area (Å²) in [7, 11) is -1.56. The number of rotatable bonds is 18. The van der Waals surface area contributed by atoms with E-state index >= 15 is 0 Å². The van der Waals surface area contributed by atoms with Gasteiger partial charge in [0.15, 0.2) is 8.32 Å². The summed E-state index contributed by atoms with van der Waals surface area (Å²) in [5.41, 5.74) is 0. The zero-order valence-electron chi connectivity index (χ0n) is 17.7. The smallest absolute Gasteiger partial charge is 0.254 e. The quantitative estimate of drug-likeness (QED) is 0.144. The minimum Gasteiger partial charge on any atom is -0.418 e. The van der Waals surface area contributed by atoms with E-state index in [1.807, 2.05) is 6.92 Å². The molecule has 0 aromatic heterocycles. The molecule has 0 aliphatic carbocycles. The highest BCUT2D eigenvalue weighted by Gasteiger charge is 2.21. The summed E-state index contributed by atoms with van der Waals surface area (Å²) < 4.78 is 5.78. The van der Waals surface area contributed by atoms with E-state index in [9.17, 15) is 9.59 Å². The van der Waals surface area contributed by atoms with Crippen molar-refractivity contribution in [3.63, 3.8) is 0 Å². The summed E-state index contributed by atoms with van der Waals surface area (Å²) in [5.74, 6) is 0.558. The summed E-state index contributed by atoms with van der Waals surface area (Å²) in [5, 5.41) is -0.239. The van der Waals surface area contributed by atoms with E-state index < -0.39 is 8.32 Å². The lowest BCUT2D eigenvalue weighted by atomic mass is 10.1. The van der Waals surface area contributed by atoms with E-state index in [-0.39, 0.29) is 10.9 Å². The summed E-state index contributed by atoms with van der Waals surface area (Å²) >= 11 is 1.20. The van der Waals surface area contributed by atoms with Crippen LogP contribution in [0.25, 0.3) is 0 Å². The Labute approximate surface area is 167 Å². The van der Waals surface area contributed by atoms with Gasteiger partial charge in [-0.3, -0.25) is 9.59 Å². The third kappa shape index (κ3) is 16.1. The monoisotopic (exact) mass is 402 g/mol. The van der Waals surface area contributed by atoms with Gasteiger partial charge in [0.2, 0.25) is 5.78 Å². The molecule has 0 radical (unpaired) electrons. The Hall–Kier alpha value is -0.133. The number of carbonyl (C=O) groups excluding carboxylic acids is 2. The van der Waals surface area contributed by atoms with Crippen molar-refractivity contribution in [3.05, 3.63) is 0 Å².